The van der Waals surface area contributed by atoms with E-state index >= 15 is 0 Å². The van der Waals surface area contributed by atoms with Gasteiger partial charge in [-0.05, 0) is 31.4 Å². The summed E-state index contributed by atoms with van der Waals surface area (Å²) < 4.78 is 26.7. The van der Waals surface area contributed by atoms with Crippen LogP contribution in [0.4, 0.5) is 19.6 Å². The maximum absolute atomic E-state index is 13.3. The fourth-order valence-corrected chi connectivity index (χ4v) is 5.04. The van der Waals surface area contributed by atoms with E-state index in [0.29, 0.717) is 32.4 Å². The topological polar surface area (TPSA) is 65.5 Å². The average Bonchev–Trinajstić information content (AvgIpc) is 3.10. The number of carbonyl (C=O) groups excluding carboxylic acids is 2. The third kappa shape index (κ3) is 4.39. The van der Waals surface area contributed by atoms with Crippen molar-refractivity contribution in [3.8, 4) is 0 Å². The summed E-state index contributed by atoms with van der Waals surface area (Å²) in [5.74, 6) is -1.83. The Hall–Kier alpha value is -2.55. The first-order valence-corrected chi connectivity index (χ1v) is 10.5. The molecular formula is C20H22F2N4O2S. The van der Waals surface area contributed by atoms with Gasteiger partial charge in [-0.3, -0.25) is 9.59 Å². The number of piperazine rings is 1. The molecule has 1 aliphatic carbocycles. The minimum atomic E-state index is -0.719. The third-order valence-electron chi connectivity index (χ3n) is 5.42. The Bertz CT molecular complexity index is 920. The van der Waals surface area contributed by atoms with Crippen LogP contribution in [0, 0.1) is 17.6 Å². The van der Waals surface area contributed by atoms with Crippen LogP contribution in [0.3, 0.4) is 0 Å². The zero-order valence-corrected chi connectivity index (χ0v) is 16.9. The first-order chi connectivity index (χ1) is 13.9. The number of nitrogens with one attached hydrogen (secondary N) is 1. The van der Waals surface area contributed by atoms with Crippen molar-refractivity contribution in [1.82, 2.24) is 9.88 Å². The molecule has 2 aliphatic rings. The average molecular weight is 420 g/mol. The molecule has 6 nitrogen and oxygen atoms in total. The second kappa shape index (κ2) is 8.06. The maximum Gasteiger partial charge on any atom is 0.227 e. The summed E-state index contributed by atoms with van der Waals surface area (Å²) in [5, 5.41) is 3.56. The molecule has 1 N–H and O–H groups in total. The smallest absolute Gasteiger partial charge is 0.227 e. The maximum atomic E-state index is 13.3. The zero-order valence-electron chi connectivity index (χ0n) is 16.1. The van der Waals surface area contributed by atoms with Gasteiger partial charge >= 0.3 is 0 Å². The van der Waals surface area contributed by atoms with Gasteiger partial charge in [0, 0.05) is 55.7 Å². The number of thiazole rings is 1. The summed E-state index contributed by atoms with van der Waals surface area (Å²) in [4.78, 5) is 33.9. The van der Waals surface area contributed by atoms with Gasteiger partial charge in [-0.25, -0.2) is 13.8 Å². The van der Waals surface area contributed by atoms with Crippen molar-refractivity contribution in [3.05, 3.63) is 40.4 Å². The lowest BCUT2D eigenvalue weighted by atomic mass is 9.90. The predicted octanol–water partition coefficient (Wildman–Crippen LogP) is 2.83. The number of nitrogens with zero attached hydrogens (tertiary/aromatic N) is 3. The van der Waals surface area contributed by atoms with E-state index in [4.69, 9.17) is 4.98 Å². The summed E-state index contributed by atoms with van der Waals surface area (Å²) >= 11 is 1.60. The molecule has 29 heavy (non-hydrogen) atoms. The number of hydrogen-bond donors (Lipinski definition) is 1. The Kier molecular flexibility index (Phi) is 5.49. The van der Waals surface area contributed by atoms with Crippen molar-refractivity contribution in [2.75, 3.05) is 36.4 Å². The van der Waals surface area contributed by atoms with Crippen LogP contribution in [-0.4, -0.2) is 47.9 Å². The highest BCUT2D eigenvalue weighted by Crippen LogP contribution is 2.35. The number of carbonyl (C=O) groups is 2. The van der Waals surface area contributed by atoms with Crippen molar-refractivity contribution in [1.29, 1.82) is 0 Å². The molecule has 2 heterocycles. The number of aryl methyl sites for hydroxylation is 1. The minimum absolute atomic E-state index is 0.0927. The molecule has 0 unspecified atom stereocenters. The van der Waals surface area contributed by atoms with Crippen molar-refractivity contribution < 1.29 is 18.4 Å². The summed E-state index contributed by atoms with van der Waals surface area (Å²) in [5.41, 5.74) is 1.16. The normalized spacial score (nSPS) is 19.1. The predicted molar refractivity (Wildman–Crippen MR) is 107 cm³/mol. The molecule has 1 atom stereocenters. The molecule has 1 fully saturated rings. The molecule has 0 saturated carbocycles. The van der Waals surface area contributed by atoms with E-state index < -0.39 is 11.6 Å². The van der Waals surface area contributed by atoms with Crippen LogP contribution in [-0.2, 0) is 22.4 Å². The first kappa shape index (κ1) is 19.8. The van der Waals surface area contributed by atoms with Crippen LogP contribution >= 0.6 is 11.3 Å². The molecule has 4 rings (SSSR count). The van der Waals surface area contributed by atoms with Gasteiger partial charge in [0.2, 0.25) is 11.8 Å². The molecule has 1 saturated heterocycles. The van der Waals surface area contributed by atoms with Gasteiger partial charge in [-0.15, -0.1) is 11.3 Å². The van der Waals surface area contributed by atoms with E-state index in [-0.39, 0.29) is 23.4 Å². The molecule has 1 aliphatic heterocycles. The van der Waals surface area contributed by atoms with E-state index in [9.17, 15) is 18.4 Å². The monoisotopic (exact) mass is 420 g/mol. The number of anilines is 2. The van der Waals surface area contributed by atoms with Gasteiger partial charge in [0.25, 0.3) is 0 Å². The van der Waals surface area contributed by atoms with Crippen molar-refractivity contribution in [2.45, 2.75) is 26.2 Å². The van der Waals surface area contributed by atoms with Crippen LogP contribution in [0.15, 0.2) is 18.2 Å². The van der Waals surface area contributed by atoms with Crippen LogP contribution in [0.2, 0.25) is 0 Å². The van der Waals surface area contributed by atoms with Crippen LogP contribution in [0.5, 0.6) is 0 Å². The van der Waals surface area contributed by atoms with Crippen LogP contribution < -0.4 is 10.2 Å². The number of hydrogen-bond acceptors (Lipinski definition) is 5. The second-order valence-electron chi connectivity index (χ2n) is 7.45. The quantitative estimate of drug-likeness (QED) is 0.829. The molecule has 2 amide bonds. The Balaban J connectivity index is 1.40. The van der Waals surface area contributed by atoms with Gasteiger partial charge in [0.15, 0.2) is 5.13 Å². The summed E-state index contributed by atoms with van der Waals surface area (Å²) in [7, 11) is 0. The number of aromatic nitrogens is 1. The summed E-state index contributed by atoms with van der Waals surface area (Å²) in [6, 6.07) is 3.00. The zero-order chi connectivity index (χ0) is 20.5. The van der Waals surface area contributed by atoms with E-state index in [2.05, 4.69) is 10.2 Å². The first-order valence-electron chi connectivity index (χ1n) is 9.65. The Morgan fingerprint density at radius 3 is 2.48 bits per heavy atom. The van der Waals surface area contributed by atoms with Crippen LogP contribution in [0.1, 0.15) is 23.9 Å². The van der Waals surface area contributed by atoms with Gasteiger partial charge in [0.1, 0.15) is 11.6 Å². The molecule has 154 valence electrons. The molecule has 1 aromatic heterocycles. The van der Waals surface area contributed by atoms with Gasteiger partial charge < -0.3 is 15.1 Å². The van der Waals surface area contributed by atoms with Gasteiger partial charge in [-0.1, -0.05) is 0 Å². The number of fused-ring (bicyclic) bond motifs is 1. The molecule has 0 spiro atoms. The highest BCUT2D eigenvalue weighted by atomic mass is 32.1. The fraction of sp³-hybridized carbons (Fsp3) is 0.450. The summed E-state index contributed by atoms with van der Waals surface area (Å²) in [6.45, 7) is 4.47. The van der Waals surface area contributed by atoms with Gasteiger partial charge in [0.05, 0.1) is 5.69 Å². The van der Waals surface area contributed by atoms with E-state index in [1.54, 1.807) is 18.3 Å². The standard InChI is InChI=1S/C20H22F2N4O2S/c1-12(27)25-4-6-26(7-5-25)20-24-17-3-2-13(8-18(17)29-20)19(28)23-16-10-14(21)9-15(22)11-16/h9-11,13H,2-8H2,1H3,(H,23,28)/t13-/m0/s1. The van der Waals surface area contributed by atoms with E-state index in [1.165, 1.54) is 0 Å². The van der Waals surface area contributed by atoms with E-state index in [1.807, 2.05) is 4.90 Å². The highest BCUT2D eigenvalue weighted by molar-refractivity contribution is 7.15. The number of amides is 2. The van der Waals surface area contributed by atoms with Crippen molar-refractivity contribution in [3.63, 3.8) is 0 Å². The fourth-order valence-electron chi connectivity index (χ4n) is 3.80. The van der Waals surface area contributed by atoms with Crippen LogP contribution in [0.25, 0.3) is 0 Å². The van der Waals surface area contributed by atoms with Crippen molar-refractivity contribution in [2.24, 2.45) is 5.92 Å². The van der Waals surface area contributed by atoms with Gasteiger partial charge in [-0.2, -0.15) is 0 Å². The van der Waals surface area contributed by atoms with Crippen molar-refractivity contribution >= 4 is 34.0 Å². The SMILES string of the molecule is CC(=O)N1CCN(c2nc3c(s2)C[C@@H](C(=O)Nc2cc(F)cc(F)c2)CC3)CC1. The number of benzene rings is 1. The number of halogens is 2. The summed E-state index contributed by atoms with van der Waals surface area (Å²) in [6.07, 6.45) is 1.93. The molecule has 0 bridgehead atoms. The second-order valence-corrected chi connectivity index (χ2v) is 8.51. The minimum Gasteiger partial charge on any atom is -0.345 e. The molecule has 2 aromatic rings. The third-order valence-corrected chi connectivity index (χ3v) is 6.61. The lowest BCUT2D eigenvalue weighted by Crippen LogP contribution is -2.48. The largest absolute Gasteiger partial charge is 0.345 e. The Morgan fingerprint density at radius 2 is 1.83 bits per heavy atom. The highest BCUT2D eigenvalue weighted by Gasteiger charge is 2.29. The molecule has 9 heteroatoms. The molecular weight excluding hydrogens is 398 g/mol. The van der Waals surface area contributed by atoms with E-state index in [0.717, 1.165) is 47.0 Å². The lowest BCUT2D eigenvalue weighted by Gasteiger charge is -2.33. The Labute approximate surface area is 171 Å². The Morgan fingerprint density at radius 1 is 1.14 bits per heavy atom. The molecule has 0 radical (unpaired) electrons. The lowest BCUT2D eigenvalue weighted by molar-refractivity contribution is -0.129. The molecule has 1 aromatic carbocycles. The number of rotatable bonds is 3.